The molecule has 1 aliphatic rings. The molecule has 0 heterocycles. The third-order valence-corrected chi connectivity index (χ3v) is 3.66. The maximum atomic E-state index is 10.8. The predicted molar refractivity (Wildman–Crippen MR) is 61.8 cm³/mol. The van der Waals surface area contributed by atoms with Gasteiger partial charge in [0.25, 0.3) is 0 Å². The molecular formula is C13H24O2. The van der Waals surface area contributed by atoms with Gasteiger partial charge in [-0.05, 0) is 31.6 Å². The van der Waals surface area contributed by atoms with Crippen LogP contribution in [0.4, 0.5) is 0 Å². The largest absolute Gasteiger partial charge is 0.481 e. The second-order valence-electron chi connectivity index (χ2n) is 4.91. The molecular weight excluding hydrogens is 188 g/mol. The number of hydrogen-bond donors (Lipinski definition) is 1. The lowest BCUT2D eigenvalue weighted by molar-refractivity contribution is -0.143. The molecule has 15 heavy (non-hydrogen) atoms. The second kappa shape index (κ2) is 6.86. The first-order valence-corrected chi connectivity index (χ1v) is 6.46. The molecule has 2 nitrogen and oxygen atoms in total. The van der Waals surface area contributed by atoms with Gasteiger partial charge in [-0.1, -0.05) is 39.0 Å². The Morgan fingerprint density at radius 2 is 1.80 bits per heavy atom. The van der Waals surface area contributed by atoms with Gasteiger partial charge in [0.05, 0.1) is 5.92 Å². The molecule has 0 spiro atoms. The Morgan fingerprint density at radius 1 is 1.13 bits per heavy atom. The monoisotopic (exact) mass is 212 g/mol. The molecule has 0 unspecified atom stereocenters. The summed E-state index contributed by atoms with van der Waals surface area (Å²) >= 11 is 0. The number of carboxylic acid groups (broad SMARTS) is 1. The highest BCUT2D eigenvalue weighted by Crippen LogP contribution is 2.32. The number of rotatable bonds is 6. The van der Waals surface area contributed by atoms with E-state index in [1.807, 2.05) is 0 Å². The molecule has 1 saturated carbocycles. The van der Waals surface area contributed by atoms with Gasteiger partial charge in [0.2, 0.25) is 0 Å². The van der Waals surface area contributed by atoms with E-state index in [0.29, 0.717) is 0 Å². The summed E-state index contributed by atoms with van der Waals surface area (Å²) < 4.78 is 0. The summed E-state index contributed by atoms with van der Waals surface area (Å²) in [4.78, 5) is 10.8. The second-order valence-corrected chi connectivity index (χ2v) is 4.91. The zero-order valence-electron chi connectivity index (χ0n) is 9.87. The van der Waals surface area contributed by atoms with Crippen LogP contribution in [-0.2, 0) is 4.79 Å². The van der Waals surface area contributed by atoms with Crippen LogP contribution in [0.3, 0.4) is 0 Å². The molecule has 0 radical (unpaired) electrons. The van der Waals surface area contributed by atoms with Crippen molar-refractivity contribution in [3.05, 3.63) is 0 Å². The van der Waals surface area contributed by atoms with E-state index in [9.17, 15) is 4.79 Å². The minimum absolute atomic E-state index is 0.0445. The van der Waals surface area contributed by atoms with Crippen molar-refractivity contribution in [2.24, 2.45) is 11.8 Å². The summed E-state index contributed by atoms with van der Waals surface area (Å²) in [5.74, 6) is 0.189. The van der Waals surface area contributed by atoms with Crippen molar-refractivity contribution in [2.45, 2.75) is 64.7 Å². The van der Waals surface area contributed by atoms with Gasteiger partial charge in [0.1, 0.15) is 0 Å². The van der Waals surface area contributed by atoms with Crippen molar-refractivity contribution in [2.75, 3.05) is 0 Å². The Balaban J connectivity index is 2.07. The van der Waals surface area contributed by atoms with E-state index in [-0.39, 0.29) is 5.92 Å². The molecule has 0 amide bonds. The van der Waals surface area contributed by atoms with Crippen LogP contribution in [0.5, 0.6) is 0 Å². The highest BCUT2D eigenvalue weighted by atomic mass is 16.4. The first kappa shape index (κ1) is 12.5. The maximum Gasteiger partial charge on any atom is 0.306 e. The molecule has 2 heteroatoms. The zero-order valence-corrected chi connectivity index (χ0v) is 9.87. The van der Waals surface area contributed by atoms with Gasteiger partial charge >= 0.3 is 5.97 Å². The van der Waals surface area contributed by atoms with E-state index in [0.717, 1.165) is 31.6 Å². The molecule has 1 rings (SSSR count). The highest BCUT2D eigenvalue weighted by molar-refractivity contribution is 5.69. The summed E-state index contributed by atoms with van der Waals surface area (Å²) in [7, 11) is 0. The molecule has 88 valence electrons. The Labute approximate surface area is 93.1 Å². The fourth-order valence-corrected chi connectivity index (χ4v) is 2.56. The summed E-state index contributed by atoms with van der Waals surface area (Å²) in [5.41, 5.74) is 0. The van der Waals surface area contributed by atoms with Crippen LogP contribution >= 0.6 is 0 Å². The fourth-order valence-electron chi connectivity index (χ4n) is 2.56. The third-order valence-electron chi connectivity index (χ3n) is 3.66. The lowest BCUT2D eigenvalue weighted by atomic mass is 9.80. The van der Waals surface area contributed by atoms with Crippen molar-refractivity contribution >= 4 is 5.97 Å². The number of carbonyl (C=O) groups is 1. The van der Waals surface area contributed by atoms with Gasteiger partial charge in [-0.2, -0.15) is 0 Å². The summed E-state index contributed by atoms with van der Waals surface area (Å²) in [6.07, 6.45) is 10.8. The molecule has 0 atom stereocenters. The van der Waals surface area contributed by atoms with E-state index >= 15 is 0 Å². The lowest BCUT2D eigenvalue weighted by Crippen LogP contribution is -2.21. The van der Waals surface area contributed by atoms with E-state index in [2.05, 4.69) is 6.92 Å². The fraction of sp³-hybridized carbons (Fsp3) is 0.923. The summed E-state index contributed by atoms with van der Waals surface area (Å²) in [6.45, 7) is 2.23. The van der Waals surface area contributed by atoms with Gasteiger partial charge in [0.15, 0.2) is 0 Å². The van der Waals surface area contributed by atoms with Crippen LogP contribution in [0.1, 0.15) is 64.7 Å². The van der Waals surface area contributed by atoms with Gasteiger partial charge in [-0.15, -0.1) is 0 Å². The minimum Gasteiger partial charge on any atom is -0.481 e. The van der Waals surface area contributed by atoms with E-state index in [1.54, 1.807) is 0 Å². The van der Waals surface area contributed by atoms with E-state index < -0.39 is 5.97 Å². The third kappa shape index (κ3) is 4.67. The quantitative estimate of drug-likeness (QED) is 0.679. The van der Waals surface area contributed by atoms with Gasteiger partial charge in [0, 0.05) is 0 Å². The average Bonchev–Trinajstić information content (AvgIpc) is 2.25. The Bertz CT molecular complexity index is 181. The smallest absolute Gasteiger partial charge is 0.306 e. The Hall–Kier alpha value is -0.530. The number of aliphatic carboxylic acids is 1. The number of unbranched alkanes of at least 4 members (excludes halogenated alkanes) is 3. The average molecular weight is 212 g/mol. The molecule has 0 aliphatic heterocycles. The van der Waals surface area contributed by atoms with Crippen LogP contribution in [-0.4, -0.2) is 11.1 Å². The molecule has 0 saturated heterocycles. The topological polar surface area (TPSA) is 37.3 Å². The van der Waals surface area contributed by atoms with Crippen molar-refractivity contribution in [3.63, 3.8) is 0 Å². The van der Waals surface area contributed by atoms with Gasteiger partial charge in [-0.25, -0.2) is 0 Å². The van der Waals surface area contributed by atoms with Gasteiger partial charge in [-0.3, -0.25) is 4.79 Å². The standard InChI is InChI=1S/C13H24O2/c1-2-3-4-5-6-11-7-9-12(10-8-11)13(14)15/h11-12H,2-10H2,1H3,(H,14,15)/t11-,12+. The molecule has 1 N–H and O–H groups in total. The van der Waals surface area contributed by atoms with Crippen LogP contribution in [0.15, 0.2) is 0 Å². The van der Waals surface area contributed by atoms with Crippen molar-refractivity contribution in [3.8, 4) is 0 Å². The van der Waals surface area contributed by atoms with Crippen LogP contribution in [0, 0.1) is 11.8 Å². The first-order valence-electron chi connectivity index (χ1n) is 6.46. The Morgan fingerprint density at radius 3 is 2.33 bits per heavy atom. The SMILES string of the molecule is CCCCCC[C@H]1CC[C@@H](C(=O)O)CC1. The van der Waals surface area contributed by atoms with E-state index in [1.165, 1.54) is 32.1 Å². The lowest BCUT2D eigenvalue weighted by Gasteiger charge is -2.25. The zero-order chi connectivity index (χ0) is 11.1. The predicted octanol–water partition coefficient (Wildman–Crippen LogP) is 3.85. The van der Waals surface area contributed by atoms with Crippen molar-refractivity contribution < 1.29 is 9.90 Å². The highest BCUT2D eigenvalue weighted by Gasteiger charge is 2.25. The molecule has 0 bridgehead atoms. The first-order chi connectivity index (χ1) is 7.24. The van der Waals surface area contributed by atoms with E-state index in [4.69, 9.17) is 5.11 Å². The van der Waals surface area contributed by atoms with Crippen molar-refractivity contribution in [1.82, 2.24) is 0 Å². The van der Waals surface area contributed by atoms with Crippen molar-refractivity contribution in [1.29, 1.82) is 0 Å². The summed E-state index contributed by atoms with van der Waals surface area (Å²) in [6, 6.07) is 0. The van der Waals surface area contributed by atoms with Crippen LogP contribution in [0.2, 0.25) is 0 Å². The molecule has 0 aromatic heterocycles. The number of carboxylic acids is 1. The normalized spacial score (nSPS) is 26.5. The molecule has 1 aliphatic carbocycles. The number of hydrogen-bond acceptors (Lipinski definition) is 1. The summed E-state index contributed by atoms with van der Waals surface area (Å²) in [5, 5.41) is 8.87. The molecule has 1 fully saturated rings. The minimum atomic E-state index is -0.584. The van der Waals surface area contributed by atoms with Gasteiger partial charge < -0.3 is 5.11 Å². The van der Waals surface area contributed by atoms with Crippen LogP contribution < -0.4 is 0 Å². The Kier molecular flexibility index (Phi) is 5.74. The molecule has 0 aromatic carbocycles. The maximum absolute atomic E-state index is 10.8. The molecule has 0 aromatic rings. The van der Waals surface area contributed by atoms with Crippen LogP contribution in [0.25, 0.3) is 0 Å².